The third kappa shape index (κ3) is 4.00. The summed E-state index contributed by atoms with van der Waals surface area (Å²) in [5.74, 6) is 0.0401. The number of nitrogens with one attached hydrogen (secondary N) is 1. The van der Waals surface area contributed by atoms with E-state index in [1.807, 2.05) is 24.3 Å². The molecular weight excluding hydrogens is 278 g/mol. The summed E-state index contributed by atoms with van der Waals surface area (Å²) < 4.78 is 0. The van der Waals surface area contributed by atoms with Crippen LogP contribution >= 0.6 is 0 Å². The molecule has 1 heterocycles. The molecule has 0 bridgehead atoms. The molecular formula is C17H25N3O2. The molecule has 0 unspecified atom stereocenters. The summed E-state index contributed by atoms with van der Waals surface area (Å²) in [6.07, 6.45) is 2.43. The van der Waals surface area contributed by atoms with Crippen molar-refractivity contribution in [2.75, 3.05) is 32.5 Å². The van der Waals surface area contributed by atoms with Crippen LogP contribution in [0.3, 0.4) is 0 Å². The fraction of sp³-hybridized carbons (Fsp3) is 0.529. The average molecular weight is 303 g/mol. The molecule has 0 saturated carbocycles. The van der Waals surface area contributed by atoms with Gasteiger partial charge in [0.05, 0.1) is 0 Å². The SMILES string of the molecule is CCc1ccc(NC(=O)C2CCN(C(=O)N(C)C)CC2)cc1. The Morgan fingerprint density at radius 3 is 2.27 bits per heavy atom. The molecule has 5 nitrogen and oxygen atoms in total. The van der Waals surface area contributed by atoms with Crippen molar-refractivity contribution in [3.8, 4) is 0 Å². The molecule has 1 aliphatic heterocycles. The number of hydrogen-bond acceptors (Lipinski definition) is 2. The molecule has 1 saturated heterocycles. The number of amides is 3. The lowest BCUT2D eigenvalue weighted by molar-refractivity contribution is -0.121. The van der Waals surface area contributed by atoms with Gasteiger partial charge in [0.2, 0.25) is 5.91 Å². The fourth-order valence-corrected chi connectivity index (χ4v) is 2.68. The number of benzene rings is 1. The Balaban J connectivity index is 1.85. The maximum absolute atomic E-state index is 12.3. The first kappa shape index (κ1) is 16.3. The second-order valence-corrected chi connectivity index (χ2v) is 5.98. The molecule has 1 aromatic carbocycles. The first-order chi connectivity index (χ1) is 10.5. The summed E-state index contributed by atoms with van der Waals surface area (Å²) in [5.41, 5.74) is 2.10. The van der Waals surface area contributed by atoms with Crippen LogP contribution in [0.1, 0.15) is 25.3 Å². The van der Waals surface area contributed by atoms with Crippen molar-refractivity contribution in [1.82, 2.24) is 9.80 Å². The third-order valence-corrected chi connectivity index (χ3v) is 4.15. The predicted molar refractivity (Wildman–Crippen MR) is 87.8 cm³/mol. The highest BCUT2D eigenvalue weighted by Gasteiger charge is 2.27. The molecule has 0 spiro atoms. The number of carbonyl (C=O) groups is 2. The molecule has 0 atom stereocenters. The highest BCUT2D eigenvalue weighted by atomic mass is 16.2. The van der Waals surface area contributed by atoms with E-state index in [-0.39, 0.29) is 17.9 Å². The van der Waals surface area contributed by atoms with Gasteiger partial charge < -0.3 is 15.1 Å². The first-order valence-electron chi connectivity index (χ1n) is 7.87. The summed E-state index contributed by atoms with van der Waals surface area (Å²) in [6, 6.07) is 7.99. The van der Waals surface area contributed by atoms with E-state index in [0.29, 0.717) is 13.1 Å². The van der Waals surface area contributed by atoms with Gasteiger partial charge in [0.15, 0.2) is 0 Å². The molecule has 2 rings (SSSR count). The Labute approximate surface area is 132 Å². The summed E-state index contributed by atoms with van der Waals surface area (Å²) in [4.78, 5) is 27.6. The minimum absolute atomic E-state index is 0.0166. The maximum Gasteiger partial charge on any atom is 0.319 e. The van der Waals surface area contributed by atoms with Crippen LogP contribution in [-0.4, -0.2) is 48.9 Å². The van der Waals surface area contributed by atoms with E-state index in [1.54, 1.807) is 23.9 Å². The number of urea groups is 1. The van der Waals surface area contributed by atoms with Crippen molar-refractivity contribution in [3.05, 3.63) is 29.8 Å². The molecule has 1 fully saturated rings. The van der Waals surface area contributed by atoms with E-state index >= 15 is 0 Å². The van der Waals surface area contributed by atoms with E-state index < -0.39 is 0 Å². The molecule has 5 heteroatoms. The number of rotatable bonds is 3. The van der Waals surface area contributed by atoms with Crippen LogP contribution in [0, 0.1) is 5.92 Å². The Morgan fingerprint density at radius 1 is 1.18 bits per heavy atom. The van der Waals surface area contributed by atoms with Crippen molar-refractivity contribution in [1.29, 1.82) is 0 Å². The van der Waals surface area contributed by atoms with Gasteiger partial charge >= 0.3 is 6.03 Å². The number of hydrogen-bond donors (Lipinski definition) is 1. The Kier molecular flexibility index (Phi) is 5.41. The zero-order chi connectivity index (χ0) is 16.1. The van der Waals surface area contributed by atoms with Crippen molar-refractivity contribution in [2.24, 2.45) is 5.92 Å². The number of carbonyl (C=O) groups excluding carboxylic acids is 2. The summed E-state index contributed by atoms with van der Waals surface area (Å²) in [5, 5.41) is 2.98. The van der Waals surface area contributed by atoms with Crippen LogP contribution in [-0.2, 0) is 11.2 Å². The lowest BCUT2D eigenvalue weighted by atomic mass is 9.96. The van der Waals surface area contributed by atoms with Crippen LogP contribution in [0.15, 0.2) is 24.3 Å². The summed E-state index contributed by atoms with van der Waals surface area (Å²) in [7, 11) is 3.50. The van der Waals surface area contributed by atoms with Gasteiger partial charge in [-0.3, -0.25) is 4.79 Å². The zero-order valence-electron chi connectivity index (χ0n) is 13.6. The minimum atomic E-state index is -0.0166. The van der Waals surface area contributed by atoms with Gasteiger partial charge in [-0.05, 0) is 37.0 Å². The number of anilines is 1. The number of aryl methyl sites for hydroxylation is 1. The largest absolute Gasteiger partial charge is 0.331 e. The van der Waals surface area contributed by atoms with Gasteiger partial charge in [0, 0.05) is 38.8 Å². The zero-order valence-corrected chi connectivity index (χ0v) is 13.6. The lowest BCUT2D eigenvalue weighted by Gasteiger charge is -2.33. The van der Waals surface area contributed by atoms with Gasteiger partial charge in [0.25, 0.3) is 0 Å². The molecule has 1 N–H and O–H groups in total. The standard InChI is InChI=1S/C17H25N3O2/c1-4-13-5-7-15(8-6-13)18-16(21)14-9-11-20(12-10-14)17(22)19(2)3/h5-8,14H,4,9-12H2,1-3H3,(H,18,21). The van der Waals surface area contributed by atoms with Gasteiger partial charge in [-0.2, -0.15) is 0 Å². The highest BCUT2D eigenvalue weighted by Crippen LogP contribution is 2.20. The number of piperidine rings is 1. The molecule has 120 valence electrons. The number of nitrogens with zero attached hydrogens (tertiary/aromatic N) is 2. The van der Waals surface area contributed by atoms with Crippen molar-refractivity contribution in [2.45, 2.75) is 26.2 Å². The summed E-state index contributed by atoms with van der Waals surface area (Å²) in [6.45, 7) is 3.39. The van der Waals surface area contributed by atoms with E-state index in [9.17, 15) is 9.59 Å². The van der Waals surface area contributed by atoms with E-state index in [2.05, 4.69) is 12.2 Å². The van der Waals surface area contributed by atoms with Crippen LogP contribution in [0.4, 0.5) is 10.5 Å². The van der Waals surface area contributed by atoms with E-state index in [4.69, 9.17) is 0 Å². The Morgan fingerprint density at radius 2 is 1.77 bits per heavy atom. The third-order valence-electron chi connectivity index (χ3n) is 4.15. The predicted octanol–water partition coefficient (Wildman–Crippen LogP) is 2.58. The van der Waals surface area contributed by atoms with E-state index in [0.717, 1.165) is 24.9 Å². The van der Waals surface area contributed by atoms with Gasteiger partial charge in [-0.25, -0.2) is 4.79 Å². The molecule has 1 aliphatic rings. The smallest absolute Gasteiger partial charge is 0.319 e. The second-order valence-electron chi connectivity index (χ2n) is 5.98. The van der Waals surface area contributed by atoms with Gasteiger partial charge in [-0.1, -0.05) is 19.1 Å². The maximum atomic E-state index is 12.3. The topological polar surface area (TPSA) is 52.7 Å². The van der Waals surface area contributed by atoms with Crippen LogP contribution in [0.2, 0.25) is 0 Å². The van der Waals surface area contributed by atoms with Crippen molar-refractivity contribution < 1.29 is 9.59 Å². The Bertz CT molecular complexity index is 517. The van der Waals surface area contributed by atoms with Crippen molar-refractivity contribution in [3.63, 3.8) is 0 Å². The monoisotopic (exact) mass is 303 g/mol. The van der Waals surface area contributed by atoms with Crippen LogP contribution < -0.4 is 5.32 Å². The van der Waals surface area contributed by atoms with E-state index in [1.165, 1.54) is 5.56 Å². The van der Waals surface area contributed by atoms with Crippen molar-refractivity contribution >= 4 is 17.6 Å². The van der Waals surface area contributed by atoms with Crippen LogP contribution in [0.5, 0.6) is 0 Å². The molecule has 0 aliphatic carbocycles. The van der Waals surface area contributed by atoms with Crippen LogP contribution in [0.25, 0.3) is 0 Å². The van der Waals surface area contributed by atoms with Gasteiger partial charge in [-0.15, -0.1) is 0 Å². The minimum Gasteiger partial charge on any atom is -0.331 e. The summed E-state index contributed by atoms with van der Waals surface area (Å²) >= 11 is 0. The lowest BCUT2D eigenvalue weighted by Crippen LogP contribution is -2.45. The van der Waals surface area contributed by atoms with Gasteiger partial charge in [0.1, 0.15) is 0 Å². The fourth-order valence-electron chi connectivity index (χ4n) is 2.68. The number of likely N-dealkylation sites (tertiary alicyclic amines) is 1. The molecule has 0 radical (unpaired) electrons. The molecule has 22 heavy (non-hydrogen) atoms. The molecule has 1 aromatic rings. The average Bonchev–Trinajstić information content (AvgIpc) is 2.55. The highest BCUT2D eigenvalue weighted by molar-refractivity contribution is 5.92. The normalized spacial score (nSPS) is 15.5. The second kappa shape index (κ2) is 7.29. The first-order valence-corrected chi connectivity index (χ1v) is 7.87. The molecule has 3 amide bonds. The Hall–Kier alpha value is -2.04. The quantitative estimate of drug-likeness (QED) is 0.933. The molecule has 0 aromatic heterocycles.